The zero-order valence-corrected chi connectivity index (χ0v) is 9.17. The van der Waals surface area contributed by atoms with Gasteiger partial charge in [-0.3, -0.25) is 0 Å². The average molecular weight is 249 g/mol. The number of methoxy groups -OCH3 is 1. The minimum Gasteiger partial charge on any atom is -0.468 e. The molecule has 0 spiro atoms. The van der Waals surface area contributed by atoms with Gasteiger partial charge in [-0.1, -0.05) is 0 Å². The van der Waals surface area contributed by atoms with Crippen LogP contribution in [0.3, 0.4) is 0 Å². The molecule has 0 bridgehead atoms. The first kappa shape index (κ1) is 13.3. The molecule has 94 valence electrons. The second-order valence-corrected chi connectivity index (χ2v) is 3.24. The van der Waals surface area contributed by atoms with Crippen molar-refractivity contribution in [2.45, 2.75) is 13.1 Å². The van der Waals surface area contributed by atoms with Crippen LogP contribution in [0.25, 0.3) is 0 Å². The number of aromatic nitrogens is 1. The quantitative estimate of drug-likeness (QED) is 0.770. The van der Waals surface area contributed by atoms with Gasteiger partial charge < -0.3 is 9.47 Å². The van der Waals surface area contributed by atoms with Crippen molar-refractivity contribution in [1.29, 1.82) is 0 Å². The molecule has 0 unspecified atom stereocenters. The Kier molecular flexibility index (Phi) is 3.93. The molecule has 1 aromatic rings. The lowest BCUT2D eigenvalue weighted by Crippen LogP contribution is -2.20. The van der Waals surface area contributed by atoms with Gasteiger partial charge in [0.15, 0.2) is 6.61 Å². The van der Waals surface area contributed by atoms with Gasteiger partial charge in [0.05, 0.1) is 12.7 Å². The number of halogens is 3. The van der Waals surface area contributed by atoms with Gasteiger partial charge >= 0.3 is 12.1 Å². The largest absolute Gasteiger partial charge is 0.468 e. The topological polar surface area (TPSA) is 48.4 Å². The van der Waals surface area contributed by atoms with E-state index in [4.69, 9.17) is 0 Å². The molecule has 0 radical (unpaired) electrons. The van der Waals surface area contributed by atoms with Crippen LogP contribution in [0.1, 0.15) is 15.9 Å². The number of hydrogen-bond acceptors (Lipinski definition) is 4. The second-order valence-electron chi connectivity index (χ2n) is 3.24. The van der Waals surface area contributed by atoms with Gasteiger partial charge in [0, 0.05) is 11.8 Å². The molecule has 0 aromatic carbocycles. The van der Waals surface area contributed by atoms with Crippen LogP contribution >= 0.6 is 0 Å². The second kappa shape index (κ2) is 5.03. The van der Waals surface area contributed by atoms with Crippen LogP contribution in [0.2, 0.25) is 0 Å². The highest BCUT2D eigenvalue weighted by molar-refractivity contribution is 5.89. The van der Waals surface area contributed by atoms with Crippen LogP contribution in [-0.4, -0.2) is 30.8 Å². The van der Waals surface area contributed by atoms with Crippen molar-refractivity contribution in [2.75, 3.05) is 13.7 Å². The van der Waals surface area contributed by atoms with Gasteiger partial charge in [0.2, 0.25) is 5.88 Å². The van der Waals surface area contributed by atoms with Crippen molar-refractivity contribution in [3.05, 3.63) is 23.4 Å². The van der Waals surface area contributed by atoms with Gasteiger partial charge in [0.1, 0.15) is 0 Å². The van der Waals surface area contributed by atoms with Crippen LogP contribution in [0.5, 0.6) is 5.88 Å². The van der Waals surface area contributed by atoms with Crippen molar-refractivity contribution in [1.82, 2.24) is 4.98 Å². The number of rotatable bonds is 3. The van der Waals surface area contributed by atoms with E-state index < -0.39 is 18.8 Å². The zero-order valence-electron chi connectivity index (χ0n) is 9.17. The number of ether oxygens (including phenoxy) is 2. The molecule has 0 fully saturated rings. The fourth-order valence-corrected chi connectivity index (χ4v) is 1.09. The summed E-state index contributed by atoms with van der Waals surface area (Å²) in [5.41, 5.74) is 0.488. The van der Waals surface area contributed by atoms with Gasteiger partial charge in [0.25, 0.3) is 0 Å². The Morgan fingerprint density at radius 3 is 2.59 bits per heavy atom. The number of nitrogens with zero attached hydrogens (tertiary/aromatic N) is 1. The Hall–Kier alpha value is -1.79. The molecule has 0 saturated carbocycles. The number of aryl methyl sites for hydroxylation is 1. The molecular weight excluding hydrogens is 239 g/mol. The molecule has 0 atom stereocenters. The highest BCUT2D eigenvalue weighted by Crippen LogP contribution is 2.20. The molecular formula is C10H10F3NO3. The third-order valence-electron chi connectivity index (χ3n) is 1.82. The van der Waals surface area contributed by atoms with E-state index in [2.05, 4.69) is 14.5 Å². The Morgan fingerprint density at radius 1 is 1.47 bits per heavy atom. The van der Waals surface area contributed by atoms with Gasteiger partial charge in [-0.2, -0.15) is 13.2 Å². The Bertz CT molecular complexity index is 418. The first-order chi connectivity index (χ1) is 7.83. The van der Waals surface area contributed by atoms with E-state index in [0.717, 1.165) is 6.20 Å². The lowest BCUT2D eigenvalue weighted by molar-refractivity contribution is -0.154. The molecule has 4 nitrogen and oxygen atoms in total. The number of carbonyl (C=O) groups is 1. The standard InChI is InChI=1S/C10H10F3NO3/c1-6-3-7(9(15)16-2)4-14-8(6)17-5-10(11,12)13/h3-4H,5H2,1-2H3. The molecule has 1 rings (SSSR count). The summed E-state index contributed by atoms with van der Waals surface area (Å²) in [6.45, 7) is 0.0730. The van der Waals surface area contributed by atoms with E-state index in [1.807, 2.05) is 0 Å². The molecule has 1 aromatic heterocycles. The van der Waals surface area contributed by atoms with Crippen LogP contribution in [0.15, 0.2) is 12.3 Å². The average Bonchev–Trinajstić information content (AvgIpc) is 2.25. The monoisotopic (exact) mass is 249 g/mol. The van der Waals surface area contributed by atoms with Gasteiger partial charge in [-0.05, 0) is 13.0 Å². The van der Waals surface area contributed by atoms with E-state index >= 15 is 0 Å². The summed E-state index contributed by atoms with van der Waals surface area (Å²) in [6, 6.07) is 1.35. The highest BCUT2D eigenvalue weighted by atomic mass is 19.4. The van der Waals surface area contributed by atoms with E-state index in [9.17, 15) is 18.0 Å². The molecule has 0 amide bonds. The summed E-state index contributed by atoms with van der Waals surface area (Å²) in [4.78, 5) is 14.7. The number of pyridine rings is 1. The SMILES string of the molecule is COC(=O)c1cnc(OCC(F)(F)F)c(C)c1. The normalized spacial score (nSPS) is 11.1. The Morgan fingerprint density at radius 2 is 2.12 bits per heavy atom. The molecule has 0 aliphatic heterocycles. The van der Waals surface area contributed by atoms with Crippen LogP contribution < -0.4 is 4.74 Å². The summed E-state index contributed by atoms with van der Waals surface area (Å²) in [5, 5.41) is 0. The number of esters is 1. The maximum absolute atomic E-state index is 11.9. The predicted molar refractivity (Wildman–Crippen MR) is 51.9 cm³/mol. The first-order valence-electron chi connectivity index (χ1n) is 4.58. The van der Waals surface area contributed by atoms with Gasteiger partial charge in [-0.15, -0.1) is 0 Å². The number of carbonyl (C=O) groups excluding carboxylic acids is 1. The van der Waals surface area contributed by atoms with Crippen molar-refractivity contribution in [3.8, 4) is 5.88 Å². The third-order valence-corrected chi connectivity index (χ3v) is 1.82. The number of hydrogen-bond donors (Lipinski definition) is 0. The lowest BCUT2D eigenvalue weighted by atomic mass is 10.2. The van der Waals surface area contributed by atoms with Crippen LogP contribution in [0, 0.1) is 6.92 Å². The molecule has 0 saturated heterocycles. The highest BCUT2D eigenvalue weighted by Gasteiger charge is 2.29. The molecule has 17 heavy (non-hydrogen) atoms. The molecule has 1 heterocycles. The predicted octanol–water partition coefficient (Wildman–Crippen LogP) is 2.12. The molecule has 0 aliphatic carbocycles. The summed E-state index contributed by atoms with van der Waals surface area (Å²) in [6.07, 6.45) is -3.32. The lowest BCUT2D eigenvalue weighted by Gasteiger charge is -2.10. The Labute approximate surface area is 95.4 Å². The molecule has 7 heteroatoms. The molecule has 0 N–H and O–H groups in total. The summed E-state index contributed by atoms with van der Waals surface area (Å²) >= 11 is 0. The zero-order chi connectivity index (χ0) is 13.1. The minimum atomic E-state index is -4.42. The van der Waals surface area contributed by atoms with Crippen LogP contribution in [-0.2, 0) is 4.74 Å². The first-order valence-corrected chi connectivity index (χ1v) is 4.58. The van der Waals surface area contributed by atoms with E-state index in [1.165, 1.54) is 20.1 Å². The molecule has 0 aliphatic rings. The maximum atomic E-state index is 11.9. The van der Waals surface area contributed by atoms with Crippen molar-refractivity contribution in [2.24, 2.45) is 0 Å². The summed E-state index contributed by atoms with van der Waals surface area (Å²) < 4.78 is 44.7. The van der Waals surface area contributed by atoms with Crippen molar-refractivity contribution < 1.29 is 27.4 Å². The van der Waals surface area contributed by atoms with Crippen molar-refractivity contribution in [3.63, 3.8) is 0 Å². The Balaban J connectivity index is 2.80. The minimum absolute atomic E-state index is 0.157. The summed E-state index contributed by atoms with van der Waals surface area (Å²) in [7, 11) is 1.20. The van der Waals surface area contributed by atoms with E-state index in [-0.39, 0.29) is 11.4 Å². The summed E-state index contributed by atoms with van der Waals surface area (Å²) in [5.74, 6) is -0.766. The fourth-order valence-electron chi connectivity index (χ4n) is 1.09. The smallest absolute Gasteiger partial charge is 0.422 e. The third kappa shape index (κ3) is 3.93. The maximum Gasteiger partial charge on any atom is 0.422 e. The van der Waals surface area contributed by atoms with Crippen molar-refractivity contribution >= 4 is 5.97 Å². The van der Waals surface area contributed by atoms with E-state index in [1.54, 1.807) is 0 Å². The van der Waals surface area contributed by atoms with Crippen LogP contribution in [0.4, 0.5) is 13.2 Å². The number of alkyl halides is 3. The fraction of sp³-hybridized carbons (Fsp3) is 0.400. The van der Waals surface area contributed by atoms with Gasteiger partial charge in [-0.25, -0.2) is 9.78 Å². The van der Waals surface area contributed by atoms with E-state index in [0.29, 0.717) is 5.56 Å².